The van der Waals surface area contributed by atoms with E-state index >= 15 is 0 Å². The lowest BCUT2D eigenvalue weighted by Gasteiger charge is -2.32. The number of fused-ring (bicyclic) bond motifs is 5. The van der Waals surface area contributed by atoms with E-state index in [0.717, 1.165) is 17.1 Å². The van der Waals surface area contributed by atoms with E-state index in [2.05, 4.69) is 242 Å². The molecule has 1 atom stereocenters. The third-order valence-corrected chi connectivity index (χ3v) is 12.6. The normalized spacial score (nSPS) is 14.3. The first-order valence-corrected chi connectivity index (χ1v) is 20.5. The van der Waals surface area contributed by atoms with Gasteiger partial charge in [0.1, 0.15) is 0 Å². The molecule has 11 rings (SSSR count). The Kier molecular flexibility index (Phi) is 8.34. The van der Waals surface area contributed by atoms with Gasteiger partial charge in [0.25, 0.3) is 0 Å². The van der Waals surface area contributed by atoms with E-state index in [1.165, 1.54) is 82.7 Å². The minimum Gasteiger partial charge on any atom is -0.309 e. The maximum absolute atomic E-state index is 2.51. The van der Waals surface area contributed by atoms with Gasteiger partial charge in [0.2, 0.25) is 0 Å². The molecule has 0 fully saturated rings. The predicted molar refractivity (Wildman–Crippen MR) is 250 cm³/mol. The molecule has 0 saturated heterocycles. The van der Waals surface area contributed by atoms with Crippen LogP contribution >= 0.6 is 0 Å². The molecule has 1 aliphatic carbocycles. The molecular formula is C58H41N. The third-order valence-electron chi connectivity index (χ3n) is 12.6. The Bertz CT molecular complexity index is 3170. The summed E-state index contributed by atoms with van der Waals surface area (Å²) in [6, 6.07) is 84.6. The summed E-state index contributed by atoms with van der Waals surface area (Å²) in [5, 5.41) is 4.87. The molecule has 59 heavy (non-hydrogen) atoms. The molecule has 0 aliphatic heterocycles. The lowest BCUT2D eigenvalue weighted by Crippen LogP contribution is -2.22. The van der Waals surface area contributed by atoms with Crippen LogP contribution in [0.5, 0.6) is 0 Å². The fourth-order valence-corrected chi connectivity index (χ4v) is 9.77. The standard InChI is InChI=1S/C58H41N/c1-58(44-25-6-3-7-26-44)52-33-13-10-29-48(52)49-38-37-43(39-53(49)58)46-28-11-14-34-54(46)59(55-36-18-22-40-21-8-9-27-45(40)55)56-35-15-12-30-50(56)51-32-17-24-42-23-16-31-47(57(42)51)41-19-4-2-5-20-41/h2-39H,1H3. The average Bonchev–Trinajstić information content (AvgIpc) is 3.57. The summed E-state index contributed by atoms with van der Waals surface area (Å²) in [7, 11) is 0. The summed E-state index contributed by atoms with van der Waals surface area (Å²) in [5.74, 6) is 0. The second-order valence-corrected chi connectivity index (χ2v) is 15.7. The van der Waals surface area contributed by atoms with Crippen molar-refractivity contribution in [2.75, 3.05) is 4.90 Å². The Hall–Kier alpha value is -7.48. The molecule has 278 valence electrons. The molecule has 1 nitrogen and oxygen atoms in total. The monoisotopic (exact) mass is 751 g/mol. The van der Waals surface area contributed by atoms with Gasteiger partial charge in [0, 0.05) is 21.9 Å². The molecule has 0 radical (unpaired) electrons. The minimum absolute atomic E-state index is 0.301. The predicted octanol–water partition coefficient (Wildman–Crippen LogP) is 15.8. The summed E-state index contributed by atoms with van der Waals surface area (Å²) >= 11 is 0. The molecule has 0 heterocycles. The molecule has 0 bridgehead atoms. The van der Waals surface area contributed by atoms with Gasteiger partial charge in [-0.25, -0.2) is 0 Å². The molecule has 10 aromatic carbocycles. The van der Waals surface area contributed by atoms with Crippen molar-refractivity contribution in [3.05, 3.63) is 247 Å². The van der Waals surface area contributed by atoms with E-state index in [0.29, 0.717) is 0 Å². The number of para-hydroxylation sites is 2. The van der Waals surface area contributed by atoms with Crippen LogP contribution in [-0.4, -0.2) is 0 Å². The topological polar surface area (TPSA) is 3.24 Å². The van der Waals surface area contributed by atoms with E-state index in [1.54, 1.807) is 0 Å². The van der Waals surface area contributed by atoms with Gasteiger partial charge in [0.15, 0.2) is 0 Å². The smallest absolute Gasteiger partial charge is 0.0540 e. The first-order chi connectivity index (χ1) is 29.2. The fourth-order valence-electron chi connectivity index (χ4n) is 9.77. The molecule has 0 N–H and O–H groups in total. The van der Waals surface area contributed by atoms with Gasteiger partial charge in [-0.3, -0.25) is 0 Å². The molecule has 1 heteroatoms. The summed E-state index contributed by atoms with van der Waals surface area (Å²) < 4.78 is 0. The van der Waals surface area contributed by atoms with Crippen LogP contribution in [0.4, 0.5) is 17.1 Å². The maximum Gasteiger partial charge on any atom is 0.0540 e. The summed E-state index contributed by atoms with van der Waals surface area (Å²) in [6.45, 7) is 2.40. The molecular weight excluding hydrogens is 711 g/mol. The lowest BCUT2D eigenvalue weighted by atomic mass is 9.74. The van der Waals surface area contributed by atoms with Gasteiger partial charge in [-0.2, -0.15) is 0 Å². The zero-order valence-electron chi connectivity index (χ0n) is 32.9. The highest BCUT2D eigenvalue weighted by Crippen LogP contribution is 2.54. The zero-order valence-corrected chi connectivity index (χ0v) is 32.9. The summed E-state index contributed by atoms with van der Waals surface area (Å²) in [6.07, 6.45) is 0. The van der Waals surface area contributed by atoms with Crippen LogP contribution in [0.3, 0.4) is 0 Å². The number of anilines is 3. The van der Waals surface area contributed by atoms with Gasteiger partial charge in [0.05, 0.1) is 17.1 Å². The van der Waals surface area contributed by atoms with Crippen molar-refractivity contribution in [3.8, 4) is 44.5 Å². The van der Waals surface area contributed by atoms with Crippen molar-refractivity contribution in [1.29, 1.82) is 0 Å². The van der Waals surface area contributed by atoms with Crippen molar-refractivity contribution in [2.45, 2.75) is 12.3 Å². The Morgan fingerprint density at radius 3 is 1.64 bits per heavy atom. The van der Waals surface area contributed by atoms with Crippen LogP contribution in [0, 0.1) is 0 Å². The van der Waals surface area contributed by atoms with Crippen LogP contribution < -0.4 is 4.90 Å². The maximum atomic E-state index is 2.51. The second-order valence-electron chi connectivity index (χ2n) is 15.7. The Morgan fingerprint density at radius 2 is 0.847 bits per heavy atom. The van der Waals surface area contributed by atoms with E-state index in [-0.39, 0.29) is 5.41 Å². The lowest BCUT2D eigenvalue weighted by molar-refractivity contribution is 0.714. The Labute approximate surface area is 346 Å². The van der Waals surface area contributed by atoms with Gasteiger partial charge >= 0.3 is 0 Å². The number of hydrogen-bond acceptors (Lipinski definition) is 1. The molecule has 10 aromatic rings. The van der Waals surface area contributed by atoms with Gasteiger partial charge < -0.3 is 4.90 Å². The first-order valence-electron chi connectivity index (χ1n) is 20.5. The summed E-state index contributed by atoms with van der Waals surface area (Å²) in [4.78, 5) is 2.51. The highest BCUT2D eigenvalue weighted by atomic mass is 15.1. The number of rotatable bonds is 7. The van der Waals surface area contributed by atoms with E-state index in [9.17, 15) is 0 Å². The van der Waals surface area contributed by atoms with Crippen molar-refractivity contribution in [1.82, 2.24) is 0 Å². The van der Waals surface area contributed by atoms with Crippen molar-refractivity contribution >= 4 is 38.6 Å². The highest BCUT2D eigenvalue weighted by molar-refractivity contribution is 6.10. The number of benzene rings is 10. The molecule has 0 aromatic heterocycles. The van der Waals surface area contributed by atoms with Gasteiger partial charge in [-0.1, -0.05) is 206 Å². The second kappa shape index (κ2) is 14.2. The third kappa shape index (κ3) is 5.62. The quantitative estimate of drug-likeness (QED) is 0.157. The van der Waals surface area contributed by atoms with E-state index in [4.69, 9.17) is 0 Å². The zero-order chi connectivity index (χ0) is 39.3. The Morgan fingerprint density at radius 1 is 0.322 bits per heavy atom. The van der Waals surface area contributed by atoms with Crippen LogP contribution in [-0.2, 0) is 5.41 Å². The molecule has 0 saturated carbocycles. The van der Waals surface area contributed by atoms with Crippen LogP contribution in [0.25, 0.3) is 66.1 Å². The van der Waals surface area contributed by atoms with Gasteiger partial charge in [-0.05, 0) is 97.4 Å². The molecule has 0 amide bonds. The van der Waals surface area contributed by atoms with Crippen LogP contribution in [0.2, 0.25) is 0 Å². The largest absolute Gasteiger partial charge is 0.309 e. The Balaban J connectivity index is 1.17. The fraction of sp³-hybridized carbons (Fsp3) is 0.0345. The molecule has 1 unspecified atom stereocenters. The van der Waals surface area contributed by atoms with Crippen molar-refractivity contribution in [3.63, 3.8) is 0 Å². The number of hydrogen-bond donors (Lipinski definition) is 0. The minimum atomic E-state index is -0.301. The van der Waals surface area contributed by atoms with Crippen molar-refractivity contribution < 1.29 is 0 Å². The first kappa shape index (κ1) is 34.7. The average molecular weight is 752 g/mol. The number of nitrogens with zero attached hydrogens (tertiary/aromatic N) is 1. The highest BCUT2D eigenvalue weighted by Gasteiger charge is 2.41. The van der Waals surface area contributed by atoms with Crippen LogP contribution in [0.15, 0.2) is 231 Å². The summed E-state index contributed by atoms with van der Waals surface area (Å²) in [5.41, 5.74) is 16.8. The SMILES string of the molecule is CC1(c2ccccc2)c2ccccc2-c2ccc(-c3ccccc3N(c3ccccc3-c3cccc4cccc(-c5ccccc5)c34)c3cccc4ccccc34)cc21. The van der Waals surface area contributed by atoms with Crippen molar-refractivity contribution in [2.24, 2.45) is 0 Å². The molecule has 0 spiro atoms. The molecule has 1 aliphatic rings. The van der Waals surface area contributed by atoms with E-state index < -0.39 is 0 Å². The van der Waals surface area contributed by atoms with Gasteiger partial charge in [-0.15, -0.1) is 0 Å². The van der Waals surface area contributed by atoms with E-state index in [1.807, 2.05) is 0 Å². The van der Waals surface area contributed by atoms with Crippen LogP contribution in [0.1, 0.15) is 23.6 Å².